The lowest BCUT2D eigenvalue weighted by molar-refractivity contribution is -0.193. The van der Waals surface area contributed by atoms with Gasteiger partial charge in [0.1, 0.15) is 24.4 Å². The average Bonchev–Trinajstić information content (AvgIpc) is 3.02. The van der Waals surface area contributed by atoms with Gasteiger partial charge in [-0.25, -0.2) is 4.79 Å². The molecule has 12 heteroatoms. The number of rotatable bonds is 8. The van der Waals surface area contributed by atoms with Crippen molar-refractivity contribution in [3.05, 3.63) is 35.9 Å². The quantitative estimate of drug-likeness (QED) is 0.180. The highest BCUT2D eigenvalue weighted by Gasteiger charge is 2.47. The van der Waals surface area contributed by atoms with Crippen molar-refractivity contribution in [1.29, 1.82) is 5.26 Å². The summed E-state index contributed by atoms with van der Waals surface area (Å²) in [5, 5.41) is 68.7. The number of hydrogen-bond donors (Lipinski definition) is 6. The maximum absolute atomic E-state index is 13.1. The summed E-state index contributed by atoms with van der Waals surface area (Å²) in [7, 11) is 0. The van der Waals surface area contributed by atoms with E-state index in [0.717, 1.165) is 5.56 Å². The van der Waals surface area contributed by atoms with E-state index in [1.54, 1.807) is 20.8 Å². The van der Waals surface area contributed by atoms with Crippen LogP contribution in [0.2, 0.25) is 0 Å². The normalized spacial score (nSPS) is 35.2. The average molecular weight is 649 g/mol. The number of esters is 1. The van der Waals surface area contributed by atoms with E-state index >= 15 is 0 Å². The van der Waals surface area contributed by atoms with Gasteiger partial charge in [0.05, 0.1) is 29.8 Å². The fourth-order valence-electron chi connectivity index (χ4n) is 6.53. The lowest BCUT2D eigenvalue weighted by Gasteiger charge is -2.43. The van der Waals surface area contributed by atoms with E-state index in [1.807, 2.05) is 48.2 Å². The van der Waals surface area contributed by atoms with E-state index in [2.05, 4.69) is 5.32 Å². The summed E-state index contributed by atoms with van der Waals surface area (Å²) in [4.78, 5) is 29.4. The van der Waals surface area contributed by atoms with Crippen LogP contribution in [-0.2, 0) is 16.1 Å². The maximum atomic E-state index is 13.1. The van der Waals surface area contributed by atoms with Gasteiger partial charge in [-0.15, -0.1) is 0 Å². The third-order valence-corrected chi connectivity index (χ3v) is 9.49. The first-order valence-electron chi connectivity index (χ1n) is 16.3. The van der Waals surface area contributed by atoms with Gasteiger partial charge in [-0.05, 0) is 58.4 Å². The predicted molar refractivity (Wildman–Crippen MR) is 173 cm³/mol. The van der Waals surface area contributed by atoms with Crippen LogP contribution in [0, 0.1) is 29.1 Å². The molecule has 1 aliphatic heterocycles. The molecule has 0 saturated carbocycles. The van der Waals surface area contributed by atoms with Crippen LogP contribution in [0.4, 0.5) is 4.79 Å². The molecule has 1 fully saturated rings. The van der Waals surface area contributed by atoms with Gasteiger partial charge in [-0.2, -0.15) is 5.26 Å². The number of aliphatic hydroxyl groups is 5. The summed E-state index contributed by atoms with van der Waals surface area (Å²) in [6.45, 7) is 12.4. The Morgan fingerprint density at radius 1 is 1.11 bits per heavy atom. The van der Waals surface area contributed by atoms with E-state index in [-0.39, 0.29) is 37.9 Å². The molecule has 46 heavy (non-hydrogen) atoms. The molecule has 0 radical (unpaired) electrons. The number of cyclic esters (lactones) is 1. The first-order valence-corrected chi connectivity index (χ1v) is 16.3. The zero-order valence-corrected chi connectivity index (χ0v) is 28.5. The third-order valence-electron chi connectivity index (χ3n) is 9.49. The SMILES string of the molecule is CC[C@H]1OC(=O)[C@H](C)[C@@H](O)[C@H](C)[C@@H](O)[C@](C)(O)C[C@@H](C)CN(CCCN(CC#N)C(=O)NCc2ccccc2)[C@H](C)[C@@H](O)[C@]1(C)O. The first kappa shape index (κ1) is 39.4. The molecule has 1 saturated heterocycles. The second-order valence-corrected chi connectivity index (χ2v) is 13.6. The van der Waals surface area contributed by atoms with Gasteiger partial charge < -0.3 is 40.5 Å². The topological polar surface area (TPSA) is 187 Å². The number of carbonyl (C=O) groups excluding carboxylic acids is 2. The van der Waals surface area contributed by atoms with Crippen LogP contribution in [-0.4, -0.2) is 115 Å². The van der Waals surface area contributed by atoms with Crippen LogP contribution >= 0.6 is 0 Å². The molecule has 1 aliphatic rings. The summed E-state index contributed by atoms with van der Waals surface area (Å²) in [5.41, 5.74) is -2.56. The van der Waals surface area contributed by atoms with E-state index < -0.39 is 59.5 Å². The standard InChI is InChI=1S/C34H56N4O8/c1-8-27-34(7,45)30(41)25(5)38(17-12-16-37(18-15-35)32(43)36-20-26-13-10-9-11-14-26)21-22(2)19-33(6,44)29(40)23(3)28(39)24(4)31(42)46-27/h9-11,13-14,22-25,27-30,39-41,44-45H,8,12,16-21H2,1-7H3,(H,36,43)/t22-,23+,24-,25-,27-,28+,29-,30-,33-,34-/m1/s1. The van der Waals surface area contributed by atoms with Crippen molar-refractivity contribution in [2.45, 2.75) is 116 Å². The molecule has 0 spiro atoms. The van der Waals surface area contributed by atoms with Gasteiger partial charge in [0.25, 0.3) is 0 Å². The Bertz CT molecular complexity index is 1140. The molecule has 1 aromatic carbocycles. The number of urea groups is 1. The van der Waals surface area contributed by atoms with E-state index in [1.165, 1.54) is 25.7 Å². The van der Waals surface area contributed by atoms with Crippen molar-refractivity contribution in [2.75, 3.05) is 26.2 Å². The molecular formula is C34H56N4O8. The Morgan fingerprint density at radius 2 is 1.74 bits per heavy atom. The molecular weight excluding hydrogens is 592 g/mol. The summed E-state index contributed by atoms with van der Waals surface area (Å²) >= 11 is 0. The Balaban J connectivity index is 2.32. The molecule has 12 nitrogen and oxygen atoms in total. The Morgan fingerprint density at radius 3 is 2.33 bits per heavy atom. The van der Waals surface area contributed by atoms with Crippen LogP contribution in [0.25, 0.3) is 0 Å². The third kappa shape index (κ3) is 10.4. The zero-order valence-electron chi connectivity index (χ0n) is 28.5. The Labute approximate surface area is 274 Å². The smallest absolute Gasteiger partial charge is 0.318 e. The van der Waals surface area contributed by atoms with Crippen molar-refractivity contribution in [2.24, 2.45) is 17.8 Å². The second kappa shape index (κ2) is 17.4. The molecule has 2 rings (SSSR count). The second-order valence-electron chi connectivity index (χ2n) is 13.6. The minimum Gasteiger partial charge on any atom is -0.459 e. The lowest BCUT2D eigenvalue weighted by atomic mass is 9.78. The number of nitriles is 1. The van der Waals surface area contributed by atoms with E-state index in [4.69, 9.17) is 4.74 Å². The number of nitrogens with one attached hydrogen (secondary N) is 1. The monoisotopic (exact) mass is 648 g/mol. The van der Waals surface area contributed by atoms with Crippen molar-refractivity contribution >= 4 is 12.0 Å². The zero-order chi connectivity index (χ0) is 34.8. The lowest BCUT2D eigenvalue weighted by Crippen LogP contribution is -2.59. The number of benzene rings is 1. The van der Waals surface area contributed by atoms with E-state index in [9.17, 15) is 40.4 Å². The van der Waals surface area contributed by atoms with Gasteiger partial charge in [-0.1, -0.05) is 51.1 Å². The molecule has 1 aromatic rings. The number of aliphatic hydroxyl groups excluding tert-OH is 3. The predicted octanol–water partition coefficient (Wildman–Crippen LogP) is 2.02. The van der Waals surface area contributed by atoms with Gasteiger partial charge in [0, 0.05) is 38.1 Å². The number of carbonyl (C=O) groups is 2. The Kier molecular flexibility index (Phi) is 14.9. The van der Waals surface area contributed by atoms with Gasteiger partial charge >= 0.3 is 12.0 Å². The van der Waals surface area contributed by atoms with Crippen molar-refractivity contribution < 1.29 is 39.9 Å². The fourth-order valence-corrected chi connectivity index (χ4v) is 6.53. The molecule has 2 amide bonds. The largest absolute Gasteiger partial charge is 0.459 e. The van der Waals surface area contributed by atoms with E-state index in [0.29, 0.717) is 26.1 Å². The molecule has 1 heterocycles. The van der Waals surface area contributed by atoms with Gasteiger partial charge in [-0.3, -0.25) is 9.69 Å². The first-order chi connectivity index (χ1) is 21.5. The Hall–Kier alpha value is -2.79. The minimum atomic E-state index is -1.86. The number of amides is 2. The molecule has 0 aliphatic carbocycles. The van der Waals surface area contributed by atoms with Crippen LogP contribution in [0.3, 0.4) is 0 Å². The molecule has 0 aromatic heterocycles. The molecule has 6 N–H and O–H groups in total. The van der Waals surface area contributed by atoms with Crippen molar-refractivity contribution in [1.82, 2.24) is 15.1 Å². The van der Waals surface area contributed by atoms with Crippen molar-refractivity contribution in [3.63, 3.8) is 0 Å². The molecule has 0 unspecified atom stereocenters. The fraction of sp³-hybridized carbons (Fsp3) is 0.735. The molecule has 10 atom stereocenters. The number of nitrogens with zero attached hydrogens (tertiary/aromatic N) is 3. The van der Waals surface area contributed by atoms with Gasteiger partial charge in [0.15, 0.2) is 0 Å². The van der Waals surface area contributed by atoms with Crippen LogP contribution in [0.1, 0.15) is 73.3 Å². The summed E-state index contributed by atoms with van der Waals surface area (Å²) in [5.74, 6) is -2.96. The summed E-state index contributed by atoms with van der Waals surface area (Å²) in [6, 6.07) is 10.4. The van der Waals surface area contributed by atoms with Crippen molar-refractivity contribution in [3.8, 4) is 6.07 Å². The molecule has 0 bridgehead atoms. The minimum absolute atomic E-state index is 0.114. The number of hydrogen-bond acceptors (Lipinski definition) is 10. The van der Waals surface area contributed by atoms with Crippen LogP contribution < -0.4 is 5.32 Å². The highest BCUT2D eigenvalue weighted by molar-refractivity contribution is 5.74. The van der Waals surface area contributed by atoms with Crippen LogP contribution in [0.15, 0.2) is 30.3 Å². The summed E-state index contributed by atoms with van der Waals surface area (Å²) in [6.07, 6.45) is -4.41. The number of ether oxygens (including phenoxy) is 1. The van der Waals surface area contributed by atoms with Crippen LogP contribution in [0.5, 0.6) is 0 Å². The molecule has 260 valence electrons. The highest BCUT2D eigenvalue weighted by atomic mass is 16.6. The highest BCUT2D eigenvalue weighted by Crippen LogP contribution is 2.32. The maximum Gasteiger partial charge on any atom is 0.318 e. The summed E-state index contributed by atoms with van der Waals surface area (Å²) < 4.78 is 5.65. The van der Waals surface area contributed by atoms with Gasteiger partial charge in [0.2, 0.25) is 0 Å².